The summed E-state index contributed by atoms with van der Waals surface area (Å²) < 4.78 is 3.36. The average molecular weight is 509 g/mol. The molecular formula is C19H24IN7S. The molecule has 28 heavy (non-hydrogen) atoms. The van der Waals surface area contributed by atoms with E-state index in [2.05, 4.69) is 73.7 Å². The number of nitrogen functional groups attached to an aromatic ring is 1. The molecule has 148 valence electrons. The van der Waals surface area contributed by atoms with Crippen LogP contribution in [0.2, 0.25) is 0 Å². The molecule has 1 aliphatic rings. The van der Waals surface area contributed by atoms with Crippen molar-refractivity contribution in [2.75, 3.05) is 30.7 Å². The van der Waals surface area contributed by atoms with Gasteiger partial charge in [0.15, 0.2) is 22.1 Å². The lowest BCUT2D eigenvalue weighted by Crippen LogP contribution is -2.24. The fourth-order valence-electron chi connectivity index (χ4n) is 3.27. The predicted octanol–water partition coefficient (Wildman–Crippen LogP) is 3.38. The zero-order valence-corrected chi connectivity index (χ0v) is 19.0. The van der Waals surface area contributed by atoms with E-state index in [4.69, 9.17) is 10.7 Å². The molecule has 1 aromatic carbocycles. The highest BCUT2D eigenvalue weighted by atomic mass is 127. The Morgan fingerprint density at radius 1 is 1.36 bits per heavy atom. The highest BCUT2D eigenvalue weighted by Gasteiger charge is 2.19. The SMILES string of the molecule is CC(C)CNCCn1c(Sc2cc3c(cc2I)NCC3)nc2c(N)ncnc21. The van der Waals surface area contributed by atoms with Crippen LogP contribution in [-0.2, 0) is 13.0 Å². The number of anilines is 2. The molecule has 9 heteroatoms. The number of halogens is 1. The van der Waals surface area contributed by atoms with Crippen LogP contribution < -0.4 is 16.4 Å². The van der Waals surface area contributed by atoms with Crippen molar-refractivity contribution in [3.63, 3.8) is 0 Å². The van der Waals surface area contributed by atoms with Crippen molar-refractivity contribution in [2.24, 2.45) is 5.92 Å². The van der Waals surface area contributed by atoms with Crippen molar-refractivity contribution in [2.45, 2.75) is 36.9 Å². The lowest BCUT2D eigenvalue weighted by Gasteiger charge is -2.12. The zero-order chi connectivity index (χ0) is 19.7. The van der Waals surface area contributed by atoms with Crippen LogP contribution in [0.1, 0.15) is 19.4 Å². The van der Waals surface area contributed by atoms with E-state index in [0.717, 1.165) is 43.4 Å². The number of fused-ring (bicyclic) bond motifs is 2. The molecule has 1 aliphatic heterocycles. The Morgan fingerprint density at radius 3 is 3.04 bits per heavy atom. The predicted molar refractivity (Wildman–Crippen MR) is 123 cm³/mol. The first-order chi connectivity index (χ1) is 13.5. The highest BCUT2D eigenvalue weighted by Crippen LogP contribution is 2.37. The Balaban J connectivity index is 1.66. The molecule has 0 bridgehead atoms. The van der Waals surface area contributed by atoms with Crippen LogP contribution in [0.25, 0.3) is 11.2 Å². The third kappa shape index (κ3) is 4.06. The van der Waals surface area contributed by atoms with Gasteiger partial charge in [-0.15, -0.1) is 0 Å². The number of nitrogens with zero attached hydrogens (tertiary/aromatic N) is 4. The average Bonchev–Trinajstić information content (AvgIpc) is 3.24. The number of benzene rings is 1. The van der Waals surface area contributed by atoms with Crippen LogP contribution in [0.15, 0.2) is 28.5 Å². The van der Waals surface area contributed by atoms with Crippen LogP contribution >= 0.6 is 34.4 Å². The quantitative estimate of drug-likeness (QED) is 0.332. The topological polar surface area (TPSA) is 93.7 Å². The second-order valence-corrected chi connectivity index (χ2v) is 9.47. The summed E-state index contributed by atoms with van der Waals surface area (Å²) in [6, 6.07) is 4.49. The second kappa shape index (κ2) is 8.42. The molecule has 0 saturated heterocycles. The van der Waals surface area contributed by atoms with Crippen LogP contribution in [0.5, 0.6) is 0 Å². The van der Waals surface area contributed by atoms with Crippen molar-refractivity contribution in [3.05, 3.63) is 27.6 Å². The summed E-state index contributed by atoms with van der Waals surface area (Å²) in [5.41, 5.74) is 10.1. The lowest BCUT2D eigenvalue weighted by atomic mass is 10.2. The molecule has 2 aromatic heterocycles. The fraction of sp³-hybridized carbons (Fsp3) is 0.421. The van der Waals surface area contributed by atoms with Gasteiger partial charge in [-0.1, -0.05) is 25.6 Å². The van der Waals surface area contributed by atoms with Gasteiger partial charge in [-0.05, 0) is 59.2 Å². The first kappa shape index (κ1) is 19.7. The Bertz CT molecular complexity index is 1000. The van der Waals surface area contributed by atoms with Crippen molar-refractivity contribution in [3.8, 4) is 0 Å². The van der Waals surface area contributed by atoms with Gasteiger partial charge >= 0.3 is 0 Å². The van der Waals surface area contributed by atoms with E-state index in [9.17, 15) is 0 Å². The smallest absolute Gasteiger partial charge is 0.175 e. The number of rotatable bonds is 7. The van der Waals surface area contributed by atoms with E-state index in [0.29, 0.717) is 17.3 Å². The van der Waals surface area contributed by atoms with Crippen molar-refractivity contribution < 1.29 is 0 Å². The maximum absolute atomic E-state index is 6.07. The van der Waals surface area contributed by atoms with Gasteiger partial charge in [-0.2, -0.15) is 0 Å². The Morgan fingerprint density at radius 2 is 2.21 bits per heavy atom. The summed E-state index contributed by atoms with van der Waals surface area (Å²) in [6.45, 7) is 8.05. The van der Waals surface area contributed by atoms with Gasteiger partial charge in [0.25, 0.3) is 0 Å². The summed E-state index contributed by atoms with van der Waals surface area (Å²) >= 11 is 4.07. The van der Waals surface area contributed by atoms with Crippen molar-refractivity contribution in [1.29, 1.82) is 0 Å². The standard InChI is InChI=1S/C19H24IN7S/c1-11(2)9-22-5-6-27-18-16(17(21)24-10-25-18)26-19(27)28-15-7-12-3-4-23-14(12)8-13(15)20/h7-8,10-11,22-23H,3-6,9H2,1-2H3,(H2,21,24,25). The van der Waals surface area contributed by atoms with Gasteiger partial charge in [0.05, 0.1) is 0 Å². The monoisotopic (exact) mass is 509 g/mol. The molecule has 0 unspecified atom stereocenters. The minimum atomic E-state index is 0.425. The van der Waals surface area contributed by atoms with E-state index in [1.165, 1.54) is 26.0 Å². The maximum Gasteiger partial charge on any atom is 0.175 e. The van der Waals surface area contributed by atoms with Gasteiger partial charge < -0.3 is 20.9 Å². The van der Waals surface area contributed by atoms with E-state index in [1.807, 2.05) is 0 Å². The fourth-order valence-corrected chi connectivity index (χ4v) is 5.05. The number of nitrogens with one attached hydrogen (secondary N) is 2. The zero-order valence-electron chi connectivity index (χ0n) is 16.0. The minimum absolute atomic E-state index is 0.425. The molecule has 0 amide bonds. The van der Waals surface area contributed by atoms with Gasteiger partial charge in [0.2, 0.25) is 0 Å². The molecule has 0 radical (unpaired) electrons. The molecule has 7 nitrogen and oxygen atoms in total. The maximum atomic E-state index is 6.07. The number of hydrogen-bond donors (Lipinski definition) is 3. The van der Waals surface area contributed by atoms with Crippen LogP contribution in [-0.4, -0.2) is 39.2 Å². The summed E-state index contributed by atoms with van der Waals surface area (Å²) in [4.78, 5) is 14.6. The second-order valence-electron chi connectivity index (χ2n) is 7.29. The van der Waals surface area contributed by atoms with Crippen LogP contribution in [0.3, 0.4) is 0 Å². The molecule has 0 saturated carbocycles. The van der Waals surface area contributed by atoms with Gasteiger partial charge in [-0.25, -0.2) is 15.0 Å². The van der Waals surface area contributed by atoms with Gasteiger partial charge in [0.1, 0.15) is 6.33 Å². The Labute approximate surface area is 182 Å². The number of imidazole rings is 1. The molecule has 3 heterocycles. The first-order valence-corrected chi connectivity index (χ1v) is 11.3. The van der Waals surface area contributed by atoms with Crippen LogP contribution in [0, 0.1) is 9.49 Å². The number of nitrogens with two attached hydrogens (primary N) is 1. The summed E-state index contributed by atoms with van der Waals surface area (Å²) in [5.74, 6) is 1.04. The third-order valence-corrected chi connectivity index (χ3v) is 6.97. The molecule has 4 rings (SSSR count). The minimum Gasteiger partial charge on any atom is -0.384 e. The van der Waals surface area contributed by atoms with E-state index >= 15 is 0 Å². The van der Waals surface area contributed by atoms with Gasteiger partial charge in [-0.3, -0.25) is 0 Å². The van der Waals surface area contributed by atoms with E-state index in [1.54, 1.807) is 11.8 Å². The largest absolute Gasteiger partial charge is 0.384 e. The number of hydrogen-bond acceptors (Lipinski definition) is 7. The van der Waals surface area contributed by atoms with Gasteiger partial charge in [0, 0.05) is 33.8 Å². The number of aromatic nitrogens is 4. The summed E-state index contributed by atoms with van der Waals surface area (Å²) in [7, 11) is 0. The molecule has 0 fully saturated rings. The molecule has 4 N–H and O–H groups in total. The molecule has 3 aromatic rings. The summed E-state index contributed by atoms with van der Waals surface area (Å²) in [6.07, 6.45) is 2.57. The first-order valence-electron chi connectivity index (χ1n) is 9.44. The third-order valence-electron chi connectivity index (χ3n) is 4.66. The van der Waals surface area contributed by atoms with E-state index in [-0.39, 0.29) is 0 Å². The molecule has 0 atom stereocenters. The Hall–Kier alpha value is -1.59. The molecule has 0 spiro atoms. The molecule has 0 aliphatic carbocycles. The van der Waals surface area contributed by atoms with Crippen molar-refractivity contribution >= 4 is 57.0 Å². The Kier molecular flexibility index (Phi) is 5.93. The molecular weight excluding hydrogens is 485 g/mol. The summed E-state index contributed by atoms with van der Waals surface area (Å²) in [5, 5.41) is 7.83. The van der Waals surface area contributed by atoms with Crippen LogP contribution in [0.4, 0.5) is 11.5 Å². The highest BCUT2D eigenvalue weighted by molar-refractivity contribution is 14.1. The lowest BCUT2D eigenvalue weighted by molar-refractivity contribution is 0.516. The normalized spacial score (nSPS) is 13.3. The van der Waals surface area contributed by atoms with Crippen molar-refractivity contribution in [1.82, 2.24) is 24.8 Å². The van der Waals surface area contributed by atoms with E-state index < -0.39 is 0 Å².